The zero-order valence-corrected chi connectivity index (χ0v) is 21.0. The molecule has 2 heterocycles. The Balaban J connectivity index is 1.70. The summed E-state index contributed by atoms with van der Waals surface area (Å²) in [5, 5.41) is 13.8. The Morgan fingerprint density at radius 2 is 2.00 bits per heavy atom. The fraction of sp³-hybridized carbons (Fsp3) is 0.357. The van der Waals surface area contributed by atoms with E-state index in [1.807, 2.05) is 18.2 Å². The van der Waals surface area contributed by atoms with Crippen molar-refractivity contribution in [3.63, 3.8) is 0 Å². The van der Waals surface area contributed by atoms with Crippen LogP contribution in [0.2, 0.25) is 0 Å². The van der Waals surface area contributed by atoms with Gasteiger partial charge >= 0.3 is 5.97 Å². The van der Waals surface area contributed by atoms with Crippen LogP contribution in [-0.2, 0) is 11.3 Å². The molecule has 0 radical (unpaired) electrons. The van der Waals surface area contributed by atoms with Gasteiger partial charge in [0.05, 0.1) is 46.9 Å². The van der Waals surface area contributed by atoms with Gasteiger partial charge in [0.15, 0.2) is 11.6 Å². The molecular weight excluding hydrogens is 518 g/mol. The maximum Gasteiger partial charge on any atom is 0.340 e. The molecule has 1 aliphatic rings. The number of carbonyl (C=O) groups is 1. The molecule has 0 bridgehead atoms. The summed E-state index contributed by atoms with van der Waals surface area (Å²) in [7, 11) is -1.89. The van der Waals surface area contributed by atoms with Crippen molar-refractivity contribution in [2.45, 2.75) is 37.5 Å². The summed E-state index contributed by atoms with van der Waals surface area (Å²) >= 11 is 0. The number of anilines is 1. The smallest absolute Gasteiger partial charge is 0.340 e. The van der Waals surface area contributed by atoms with Crippen molar-refractivity contribution < 1.29 is 41.0 Å². The van der Waals surface area contributed by atoms with Crippen molar-refractivity contribution in [1.82, 2.24) is 10.3 Å². The van der Waals surface area contributed by atoms with E-state index in [0.717, 1.165) is 12.7 Å². The first kappa shape index (κ1) is 24.3. The Bertz CT molecular complexity index is 1420. The van der Waals surface area contributed by atoms with Crippen molar-refractivity contribution in [1.29, 1.82) is 0 Å². The average Bonchev–Trinajstić information content (AvgIpc) is 2.96. The molecule has 208 valence electrons. The second-order valence-corrected chi connectivity index (χ2v) is 9.24. The molecule has 2 aromatic carbocycles. The van der Waals surface area contributed by atoms with Crippen LogP contribution in [0.5, 0.6) is 5.75 Å². The highest BCUT2D eigenvalue weighted by Crippen LogP contribution is 2.35. The molecule has 39 heavy (non-hydrogen) atoms. The summed E-state index contributed by atoms with van der Waals surface area (Å²) in [5.74, 6) is -3.90. The van der Waals surface area contributed by atoms with Crippen LogP contribution in [0.25, 0.3) is 11.3 Å². The number of pyridine rings is 1. The van der Waals surface area contributed by atoms with Gasteiger partial charge in [-0.1, -0.05) is 30.3 Å². The molecule has 0 aliphatic carbocycles. The highest BCUT2D eigenvalue weighted by Gasteiger charge is 2.46. The van der Waals surface area contributed by atoms with Crippen molar-refractivity contribution in [2.75, 3.05) is 32.1 Å². The fourth-order valence-corrected chi connectivity index (χ4v) is 4.82. The summed E-state index contributed by atoms with van der Waals surface area (Å²) in [4.78, 5) is 18.6. The molecule has 7 nitrogen and oxygen atoms in total. The van der Waals surface area contributed by atoms with Gasteiger partial charge in [0, 0.05) is 31.3 Å². The zero-order chi connectivity index (χ0) is 30.7. The minimum absolute atomic E-state index is 0.101. The summed E-state index contributed by atoms with van der Waals surface area (Å²) in [6.45, 7) is 0.395. The minimum atomic E-state index is -3.05. The lowest BCUT2D eigenvalue weighted by molar-refractivity contribution is -0.0657. The van der Waals surface area contributed by atoms with Crippen LogP contribution in [-0.4, -0.2) is 61.4 Å². The van der Waals surface area contributed by atoms with Crippen molar-refractivity contribution in [3.05, 3.63) is 77.5 Å². The van der Waals surface area contributed by atoms with E-state index in [4.69, 9.17) is 8.85 Å². The number of esters is 1. The zero-order valence-electron chi connectivity index (χ0n) is 24.0. The number of aromatic nitrogens is 1. The first-order chi connectivity index (χ1) is 19.8. The quantitative estimate of drug-likeness (QED) is 0.298. The number of methoxy groups -OCH3 is 2. The lowest BCUT2D eigenvalue weighted by Gasteiger charge is -2.47. The van der Waals surface area contributed by atoms with Crippen LogP contribution >= 0.6 is 0 Å². The average molecular weight is 551 g/mol. The van der Waals surface area contributed by atoms with E-state index >= 15 is 0 Å². The van der Waals surface area contributed by atoms with Gasteiger partial charge in [-0.2, -0.15) is 0 Å². The van der Waals surface area contributed by atoms with E-state index in [2.05, 4.69) is 15.0 Å². The molecule has 0 spiro atoms. The van der Waals surface area contributed by atoms with Gasteiger partial charge in [-0.05, 0) is 30.5 Å². The van der Waals surface area contributed by atoms with Crippen LogP contribution in [0.3, 0.4) is 0 Å². The molecule has 4 rings (SSSR count). The van der Waals surface area contributed by atoms with Gasteiger partial charge < -0.3 is 24.8 Å². The van der Waals surface area contributed by atoms with Gasteiger partial charge in [0.2, 0.25) is 0 Å². The van der Waals surface area contributed by atoms with E-state index in [0.29, 0.717) is 25.1 Å². The molecule has 0 saturated carbocycles. The van der Waals surface area contributed by atoms with Gasteiger partial charge in [-0.15, -0.1) is 0 Å². The highest BCUT2D eigenvalue weighted by atomic mass is 19.3. The van der Waals surface area contributed by atoms with E-state index < -0.39 is 48.5 Å². The number of hydrogen-bond acceptors (Lipinski definition) is 7. The third-order valence-corrected chi connectivity index (χ3v) is 6.85. The van der Waals surface area contributed by atoms with E-state index in [1.165, 1.54) is 12.3 Å². The van der Waals surface area contributed by atoms with Crippen molar-refractivity contribution in [2.24, 2.45) is 0 Å². The molecule has 2 atom stereocenters. The number of carbonyl (C=O) groups excluding carboxylic acids is 1. The number of nitrogens with one attached hydrogen (secondary N) is 1. The number of aliphatic hydroxyl groups is 1. The molecular formula is C28H29F4N3O4. The number of hydrogen-bond donors (Lipinski definition) is 2. The number of nitrogens with zero attached hydrogens (tertiary/aromatic N) is 2. The van der Waals surface area contributed by atoms with Gasteiger partial charge in [0.1, 0.15) is 11.9 Å². The minimum Gasteiger partial charge on any atom is -0.494 e. The Labute approximate surface area is 227 Å². The monoisotopic (exact) mass is 550 g/mol. The summed E-state index contributed by atoms with van der Waals surface area (Å²) in [5.41, 5.74) is -1.11. The van der Waals surface area contributed by atoms with Gasteiger partial charge in [0.25, 0.3) is 6.43 Å². The standard InChI is InChI=1S/C28H29F4N3O4/c1-38-24-13-20(29)18(11-21(24)30)22-12-19(27(37)39-2)23(15-33-22)35-10-6-9-28(16-35,25(36)26(31)32)34-14-17-7-4-3-5-8-17/h3-5,7-8,11-13,15,25-26,34,36H,6,9-10,14,16H2,1-2H3/t25-,28-/m1/s1/i1D3. The number of halogens is 4. The van der Waals surface area contributed by atoms with E-state index in [1.54, 1.807) is 17.0 Å². The SMILES string of the molecule is [2H]C([2H])([2H])Oc1cc(F)c(-c2cc(C(=O)OC)c(N3CCC[C@](NCc4ccccc4)([C@H](O)C(F)F)C3)cn2)cc1F. The van der Waals surface area contributed by atoms with Crippen LogP contribution < -0.4 is 15.0 Å². The number of ether oxygens (including phenoxy) is 2. The predicted molar refractivity (Wildman–Crippen MR) is 137 cm³/mol. The second kappa shape index (κ2) is 12.0. The fourth-order valence-electron chi connectivity index (χ4n) is 4.82. The Kier molecular flexibility index (Phi) is 7.49. The molecule has 0 unspecified atom stereocenters. The van der Waals surface area contributed by atoms with Crippen molar-refractivity contribution >= 4 is 11.7 Å². The maximum atomic E-state index is 14.9. The highest BCUT2D eigenvalue weighted by molar-refractivity contribution is 5.97. The van der Waals surface area contributed by atoms with E-state index in [-0.39, 0.29) is 42.0 Å². The van der Waals surface area contributed by atoms with Crippen LogP contribution in [0.4, 0.5) is 23.2 Å². The Morgan fingerprint density at radius 1 is 1.23 bits per heavy atom. The molecule has 2 N–H and O–H groups in total. The molecule has 0 amide bonds. The van der Waals surface area contributed by atoms with E-state index in [9.17, 15) is 27.5 Å². The van der Waals surface area contributed by atoms with Gasteiger partial charge in [-0.3, -0.25) is 4.98 Å². The number of piperidine rings is 1. The normalized spacial score (nSPS) is 19.7. The lowest BCUT2D eigenvalue weighted by Crippen LogP contribution is -2.65. The lowest BCUT2D eigenvalue weighted by atomic mass is 9.83. The largest absolute Gasteiger partial charge is 0.494 e. The predicted octanol–water partition coefficient (Wildman–Crippen LogP) is 4.58. The Hall–Kier alpha value is -3.70. The number of rotatable bonds is 9. The molecule has 1 aromatic heterocycles. The Morgan fingerprint density at radius 3 is 2.69 bits per heavy atom. The number of aliphatic hydroxyl groups excluding tert-OH is 1. The van der Waals surface area contributed by atoms with Crippen LogP contribution in [0.1, 0.15) is 32.9 Å². The first-order valence-corrected chi connectivity index (χ1v) is 12.1. The number of benzene rings is 2. The third-order valence-electron chi connectivity index (χ3n) is 6.85. The summed E-state index contributed by atoms with van der Waals surface area (Å²) in [6, 6.07) is 11.5. The molecule has 1 saturated heterocycles. The molecule has 1 aliphatic heterocycles. The van der Waals surface area contributed by atoms with Gasteiger partial charge in [-0.25, -0.2) is 22.4 Å². The molecule has 1 fully saturated rings. The summed E-state index contributed by atoms with van der Waals surface area (Å²) in [6.07, 6.45) is -3.28. The summed E-state index contributed by atoms with van der Waals surface area (Å²) < 4.78 is 88.1. The maximum absolute atomic E-state index is 14.9. The van der Waals surface area contributed by atoms with Crippen molar-refractivity contribution in [3.8, 4) is 17.0 Å². The molecule has 11 heteroatoms. The third kappa shape index (κ3) is 5.99. The first-order valence-electron chi connectivity index (χ1n) is 13.6. The topological polar surface area (TPSA) is 83.9 Å². The van der Waals surface area contributed by atoms with Crippen LogP contribution in [0.15, 0.2) is 54.7 Å². The van der Waals surface area contributed by atoms with Crippen LogP contribution in [0, 0.1) is 11.6 Å². The second-order valence-electron chi connectivity index (χ2n) is 9.24. The molecule has 3 aromatic rings. The number of alkyl halides is 2.